The van der Waals surface area contributed by atoms with Gasteiger partial charge in [0, 0.05) is 50.2 Å². The minimum absolute atomic E-state index is 0.0232. The van der Waals surface area contributed by atoms with Gasteiger partial charge in [-0.15, -0.1) is 0 Å². The van der Waals surface area contributed by atoms with E-state index in [1.165, 1.54) is 12.8 Å². The van der Waals surface area contributed by atoms with Crippen LogP contribution in [0.5, 0.6) is 0 Å². The maximum atomic E-state index is 12.8. The van der Waals surface area contributed by atoms with Crippen LogP contribution in [0.15, 0.2) is 24.3 Å². The van der Waals surface area contributed by atoms with E-state index in [-0.39, 0.29) is 30.5 Å². The first-order valence-electron chi connectivity index (χ1n) is 11.2. The van der Waals surface area contributed by atoms with E-state index in [0.29, 0.717) is 44.8 Å². The average molecular weight is 416 g/mol. The van der Waals surface area contributed by atoms with Crippen molar-refractivity contribution in [1.29, 1.82) is 0 Å². The SMILES string of the molecule is O=C(NC[C@@H]1CC[C@H](CC(=O)N2CCOCC2)N1CC1CC1)c1ccc(CO)cc1. The van der Waals surface area contributed by atoms with Gasteiger partial charge < -0.3 is 20.1 Å². The molecule has 7 heteroatoms. The van der Waals surface area contributed by atoms with Gasteiger partial charge in [0.25, 0.3) is 5.91 Å². The number of hydrogen-bond acceptors (Lipinski definition) is 5. The van der Waals surface area contributed by atoms with Crippen molar-refractivity contribution in [3.63, 3.8) is 0 Å². The molecular weight excluding hydrogens is 382 g/mol. The molecule has 1 aromatic carbocycles. The number of amides is 2. The summed E-state index contributed by atoms with van der Waals surface area (Å²) in [5.74, 6) is 0.893. The summed E-state index contributed by atoms with van der Waals surface area (Å²) in [5.41, 5.74) is 1.41. The van der Waals surface area contributed by atoms with Gasteiger partial charge in [0.2, 0.25) is 5.91 Å². The van der Waals surface area contributed by atoms with Crippen LogP contribution in [0.25, 0.3) is 0 Å². The molecular formula is C23H33N3O4. The van der Waals surface area contributed by atoms with Crippen molar-refractivity contribution in [1.82, 2.24) is 15.1 Å². The van der Waals surface area contributed by atoms with Gasteiger partial charge in [0.1, 0.15) is 0 Å². The topological polar surface area (TPSA) is 82.1 Å². The van der Waals surface area contributed by atoms with E-state index in [1.54, 1.807) is 24.3 Å². The third-order valence-electron chi connectivity index (χ3n) is 6.61. The minimum Gasteiger partial charge on any atom is -0.392 e. The third-order valence-corrected chi connectivity index (χ3v) is 6.61. The van der Waals surface area contributed by atoms with Gasteiger partial charge in [-0.2, -0.15) is 0 Å². The summed E-state index contributed by atoms with van der Waals surface area (Å²) in [6.45, 7) is 4.28. The number of aliphatic hydroxyl groups is 1. The predicted molar refractivity (Wildman–Crippen MR) is 113 cm³/mol. The molecule has 0 bridgehead atoms. The Bertz CT molecular complexity index is 728. The Morgan fingerprint density at radius 3 is 2.40 bits per heavy atom. The zero-order valence-corrected chi connectivity index (χ0v) is 17.6. The molecule has 2 saturated heterocycles. The number of carbonyl (C=O) groups excluding carboxylic acids is 2. The van der Waals surface area contributed by atoms with E-state index in [9.17, 15) is 9.59 Å². The lowest BCUT2D eigenvalue weighted by Crippen LogP contribution is -2.47. The lowest BCUT2D eigenvalue weighted by molar-refractivity contribution is -0.136. The second-order valence-electron chi connectivity index (χ2n) is 8.79. The third kappa shape index (κ3) is 5.39. The Kier molecular flexibility index (Phi) is 7.02. The lowest BCUT2D eigenvalue weighted by atomic mass is 10.1. The second-order valence-corrected chi connectivity index (χ2v) is 8.79. The highest BCUT2D eigenvalue weighted by Gasteiger charge is 2.38. The number of nitrogens with zero attached hydrogens (tertiary/aromatic N) is 2. The zero-order chi connectivity index (χ0) is 20.9. The van der Waals surface area contributed by atoms with Crippen LogP contribution in [0.1, 0.15) is 48.0 Å². The van der Waals surface area contributed by atoms with Crippen molar-refractivity contribution in [2.24, 2.45) is 5.92 Å². The number of rotatable bonds is 8. The molecule has 7 nitrogen and oxygen atoms in total. The number of hydrogen-bond donors (Lipinski definition) is 2. The van der Waals surface area contributed by atoms with E-state index >= 15 is 0 Å². The van der Waals surface area contributed by atoms with Gasteiger partial charge in [0.15, 0.2) is 0 Å². The number of benzene rings is 1. The maximum absolute atomic E-state index is 12.8. The fourth-order valence-corrected chi connectivity index (χ4v) is 4.57. The number of ether oxygens (including phenoxy) is 1. The molecule has 2 amide bonds. The van der Waals surface area contributed by atoms with Gasteiger partial charge in [-0.1, -0.05) is 12.1 Å². The van der Waals surface area contributed by atoms with Gasteiger partial charge in [-0.25, -0.2) is 0 Å². The van der Waals surface area contributed by atoms with E-state index in [0.717, 1.165) is 30.9 Å². The molecule has 2 N–H and O–H groups in total. The molecule has 1 aromatic rings. The van der Waals surface area contributed by atoms with Crippen molar-refractivity contribution in [3.05, 3.63) is 35.4 Å². The van der Waals surface area contributed by atoms with Crippen molar-refractivity contribution in [3.8, 4) is 0 Å². The summed E-state index contributed by atoms with van der Waals surface area (Å²) in [5, 5.41) is 12.2. The quantitative estimate of drug-likeness (QED) is 0.671. The highest BCUT2D eigenvalue weighted by Crippen LogP contribution is 2.35. The van der Waals surface area contributed by atoms with E-state index in [1.807, 2.05) is 4.90 Å². The molecule has 2 atom stereocenters. The Balaban J connectivity index is 1.32. The summed E-state index contributed by atoms with van der Waals surface area (Å²) >= 11 is 0. The standard InChI is InChI=1S/C23H33N3O4/c27-16-18-3-5-19(6-4-18)23(29)24-14-21-8-7-20(26(21)15-17-1-2-17)13-22(28)25-9-11-30-12-10-25/h3-6,17,20-21,27H,1-2,7-16H2,(H,24,29)/t20-,21+/m1/s1. The summed E-state index contributed by atoms with van der Waals surface area (Å²) < 4.78 is 5.37. The van der Waals surface area contributed by atoms with Crippen molar-refractivity contribution in [2.45, 2.75) is 50.8 Å². The first kappa shape index (κ1) is 21.3. The summed E-state index contributed by atoms with van der Waals surface area (Å²) in [4.78, 5) is 29.7. The number of carbonyl (C=O) groups is 2. The van der Waals surface area contributed by atoms with Crippen LogP contribution < -0.4 is 5.32 Å². The highest BCUT2D eigenvalue weighted by molar-refractivity contribution is 5.94. The summed E-state index contributed by atoms with van der Waals surface area (Å²) in [6.07, 6.45) is 5.14. The largest absolute Gasteiger partial charge is 0.392 e. The molecule has 164 valence electrons. The lowest BCUT2D eigenvalue weighted by Gasteiger charge is -2.33. The Labute approximate surface area is 178 Å². The summed E-state index contributed by atoms with van der Waals surface area (Å²) in [6, 6.07) is 7.61. The van der Waals surface area contributed by atoms with Crippen molar-refractivity contribution < 1.29 is 19.4 Å². The van der Waals surface area contributed by atoms with Crippen LogP contribution in [0.4, 0.5) is 0 Å². The molecule has 4 rings (SSSR count). The first-order chi connectivity index (χ1) is 14.6. The van der Waals surface area contributed by atoms with Gasteiger partial charge >= 0.3 is 0 Å². The Hall–Kier alpha value is -1.96. The van der Waals surface area contributed by atoms with Crippen LogP contribution >= 0.6 is 0 Å². The van der Waals surface area contributed by atoms with E-state index < -0.39 is 0 Å². The van der Waals surface area contributed by atoms with Crippen molar-refractivity contribution in [2.75, 3.05) is 39.4 Å². The minimum atomic E-state index is -0.0845. The van der Waals surface area contributed by atoms with Gasteiger partial charge in [0.05, 0.1) is 19.8 Å². The average Bonchev–Trinajstić information content (AvgIpc) is 3.54. The second kappa shape index (κ2) is 9.90. The normalized spacial score (nSPS) is 24.8. The zero-order valence-electron chi connectivity index (χ0n) is 17.6. The molecule has 2 aliphatic heterocycles. The molecule has 1 aliphatic carbocycles. The predicted octanol–water partition coefficient (Wildman–Crippen LogP) is 1.40. The van der Waals surface area contributed by atoms with Crippen LogP contribution in [0.2, 0.25) is 0 Å². The molecule has 3 aliphatic rings. The molecule has 1 saturated carbocycles. The molecule has 0 radical (unpaired) electrons. The molecule has 3 fully saturated rings. The maximum Gasteiger partial charge on any atom is 0.251 e. The van der Waals surface area contributed by atoms with E-state index in [2.05, 4.69) is 10.2 Å². The van der Waals surface area contributed by atoms with E-state index in [4.69, 9.17) is 9.84 Å². The van der Waals surface area contributed by atoms with Crippen molar-refractivity contribution >= 4 is 11.8 Å². The molecule has 2 heterocycles. The molecule has 30 heavy (non-hydrogen) atoms. The fraction of sp³-hybridized carbons (Fsp3) is 0.652. The van der Waals surface area contributed by atoms with Crippen LogP contribution in [0.3, 0.4) is 0 Å². The van der Waals surface area contributed by atoms with Crippen LogP contribution in [0, 0.1) is 5.92 Å². The monoisotopic (exact) mass is 415 g/mol. The number of morpholine rings is 1. The number of nitrogens with one attached hydrogen (secondary N) is 1. The molecule has 0 unspecified atom stereocenters. The highest BCUT2D eigenvalue weighted by atomic mass is 16.5. The van der Waals surface area contributed by atoms with Gasteiger partial charge in [-0.3, -0.25) is 14.5 Å². The number of aliphatic hydroxyl groups excluding tert-OH is 1. The Morgan fingerprint density at radius 1 is 1.03 bits per heavy atom. The fourth-order valence-electron chi connectivity index (χ4n) is 4.57. The smallest absolute Gasteiger partial charge is 0.251 e. The summed E-state index contributed by atoms with van der Waals surface area (Å²) in [7, 11) is 0. The molecule has 0 aromatic heterocycles. The molecule has 0 spiro atoms. The Morgan fingerprint density at radius 2 is 1.73 bits per heavy atom. The first-order valence-corrected chi connectivity index (χ1v) is 11.2. The van der Waals surface area contributed by atoms with Crippen LogP contribution in [-0.4, -0.2) is 78.2 Å². The van der Waals surface area contributed by atoms with Crippen LogP contribution in [-0.2, 0) is 16.1 Å². The number of likely N-dealkylation sites (tertiary alicyclic amines) is 1. The van der Waals surface area contributed by atoms with Gasteiger partial charge in [-0.05, 0) is 49.3 Å².